The normalized spacial score (nSPS) is 11.9. The van der Waals surface area contributed by atoms with Crippen LogP contribution < -0.4 is 10.6 Å². The smallest absolute Gasteiger partial charge is 0.222 e. The molecule has 0 aromatic rings. The molecule has 7 nitrogen and oxygen atoms in total. The lowest BCUT2D eigenvalue weighted by Gasteiger charge is -2.27. The van der Waals surface area contributed by atoms with Crippen molar-refractivity contribution < 1.29 is 24.1 Å². The summed E-state index contributed by atoms with van der Waals surface area (Å²) >= 11 is 0. The molecule has 0 heterocycles. The van der Waals surface area contributed by atoms with E-state index in [4.69, 9.17) is 19.3 Å². The Labute approximate surface area is 205 Å². The molecule has 0 rings (SSSR count). The monoisotopic (exact) mass is 478 g/mol. The number of hydrogen-bond acceptors (Lipinski definition) is 6. The van der Waals surface area contributed by atoms with Gasteiger partial charge in [-0.25, -0.2) is 0 Å². The second-order valence-corrected chi connectivity index (χ2v) is 10.5. The third-order valence-electron chi connectivity index (χ3n) is 4.29. The number of likely N-dealkylation sites (N-methyl/N-ethyl adjacent to an activating group) is 1. The molecule has 0 aliphatic rings. The molecule has 0 saturated heterocycles. The van der Waals surface area contributed by atoms with E-state index >= 15 is 0 Å². The van der Waals surface area contributed by atoms with Gasteiger partial charge >= 0.3 is 0 Å². The number of amides is 1. The van der Waals surface area contributed by atoms with Gasteiger partial charge in [-0.05, 0) is 74.3 Å². The average molecular weight is 479 g/mol. The van der Waals surface area contributed by atoms with Gasteiger partial charge in [0.25, 0.3) is 0 Å². The Kier molecular flexibility index (Phi) is 23.0. The van der Waals surface area contributed by atoms with Gasteiger partial charge in [0.2, 0.25) is 5.91 Å². The summed E-state index contributed by atoms with van der Waals surface area (Å²) in [5.74, 6) is 0.631. The summed E-state index contributed by atoms with van der Waals surface area (Å²) in [6.45, 7) is 25.7. The van der Waals surface area contributed by atoms with Crippen LogP contribution in [0, 0.1) is 5.92 Å². The lowest BCUT2D eigenvalue weighted by molar-refractivity contribution is -0.124. The summed E-state index contributed by atoms with van der Waals surface area (Å²) in [5.41, 5.74) is -0.466. The SMILES string of the molecule is CC.CC(C)(C)OCCC(C)(C)OCCC(=O)NCCO.CNCC(C)(C)OCCC(C)C. The van der Waals surface area contributed by atoms with Gasteiger partial charge in [0.1, 0.15) is 0 Å². The van der Waals surface area contributed by atoms with Crippen molar-refractivity contribution in [2.24, 2.45) is 5.92 Å². The van der Waals surface area contributed by atoms with Crippen LogP contribution in [0.2, 0.25) is 0 Å². The van der Waals surface area contributed by atoms with Crippen molar-refractivity contribution >= 4 is 5.91 Å². The molecule has 0 aliphatic carbocycles. The van der Waals surface area contributed by atoms with E-state index in [9.17, 15) is 4.79 Å². The maximum Gasteiger partial charge on any atom is 0.222 e. The lowest BCUT2D eigenvalue weighted by atomic mass is 10.1. The van der Waals surface area contributed by atoms with E-state index in [0.717, 1.165) is 31.9 Å². The highest BCUT2D eigenvalue weighted by Gasteiger charge is 2.20. The van der Waals surface area contributed by atoms with Crippen LogP contribution in [0.15, 0.2) is 0 Å². The zero-order valence-electron chi connectivity index (χ0n) is 24.0. The van der Waals surface area contributed by atoms with Gasteiger partial charge in [0, 0.05) is 32.7 Å². The Morgan fingerprint density at radius 3 is 1.88 bits per heavy atom. The Bertz CT molecular complexity index is 446. The van der Waals surface area contributed by atoms with Gasteiger partial charge in [0.15, 0.2) is 0 Å². The maximum atomic E-state index is 11.3. The van der Waals surface area contributed by atoms with E-state index in [1.54, 1.807) is 0 Å². The Balaban J connectivity index is -0.000000553. The number of rotatable bonds is 15. The zero-order valence-corrected chi connectivity index (χ0v) is 24.0. The standard InChI is InChI=1S/C14H29NO4.C10H23NO.C2H6/c1-13(2,3)18-11-7-14(4,5)19-10-6-12(17)15-8-9-16;1-9(2)6-7-12-10(3,4)8-11-5;1-2/h16H,6-11H2,1-5H3,(H,15,17);9,11H,6-8H2,1-5H3;1-2H3. The summed E-state index contributed by atoms with van der Waals surface area (Å²) in [4.78, 5) is 11.3. The number of carbonyl (C=O) groups excluding carboxylic acids is 1. The Morgan fingerprint density at radius 1 is 0.879 bits per heavy atom. The first-order valence-electron chi connectivity index (χ1n) is 12.6. The highest BCUT2D eigenvalue weighted by Crippen LogP contribution is 2.17. The van der Waals surface area contributed by atoms with E-state index in [1.165, 1.54) is 0 Å². The second kappa shape index (κ2) is 20.6. The van der Waals surface area contributed by atoms with Crippen molar-refractivity contribution in [3.8, 4) is 0 Å². The van der Waals surface area contributed by atoms with Crippen LogP contribution in [0.1, 0.15) is 95.4 Å². The topological polar surface area (TPSA) is 89.1 Å². The van der Waals surface area contributed by atoms with Crippen molar-refractivity contribution in [3.05, 3.63) is 0 Å². The third-order valence-corrected chi connectivity index (χ3v) is 4.29. The molecule has 0 radical (unpaired) electrons. The van der Waals surface area contributed by atoms with E-state index in [-0.39, 0.29) is 29.3 Å². The van der Waals surface area contributed by atoms with E-state index in [2.05, 4.69) is 38.3 Å². The summed E-state index contributed by atoms with van der Waals surface area (Å²) in [6, 6.07) is 0. The molecule has 202 valence electrons. The number of ether oxygens (including phenoxy) is 3. The molecule has 0 spiro atoms. The molecule has 0 unspecified atom stereocenters. The summed E-state index contributed by atoms with van der Waals surface area (Å²) in [6.07, 6.45) is 2.24. The second-order valence-electron chi connectivity index (χ2n) is 10.5. The zero-order chi connectivity index (χ0) is 26.6. The van der Waals surface area contributed by atoms with Crippen LogP contribution in [-0.2, 0) is 19.0 Å². The van der Waals surface area contributed by atoms with E-state index in [1.807, 2.05) is 55.5 Å². The van der Waals surface area contributed by atoms with E-state index in [0.29, 0.717) is 26.2 Å². The first kappa shape index (κ1) is 36.8. The molecule has 0 saturated carbocycles. The minimum Gasteiger partial charge on any atom is -0.395 e. The molecule has 0 aromatic carbocycles. The van der Waals surface area contributed by atoms with Crippen LogP contribution in [0.25, 0.3) is 0 Å². The van der Waals surface area contributed by atoms with Crippen molar-refractivity contribution in [1.29, 1.82) is 0 Å². The molecule has 0 atom stereocenters. The molecular weight excluding hydrogens is 420 g/mol. The molecular formula is C26H58N2O5. The van der Waals surface area contributed by atoms with Crippen LogP contribution in [0.3, 0.4) is 0 Å². The molecule has 0 bridgehead atoms. The van der Waals surface area contributed by atoms with Gasteiger partial charge in [-0.15, -0.1) is 0 Å². The first-order valence-corrected chi connectivity index (χ1v) is 12.6. The minimum atomic E-state index is -0.303. The highest BCUT2D eigenvalue weighted by atomic mass is 16.5. The predicted molar refractivity (Wildman–Crippen MR) is 140 cm³/mol. The Morgan fingerprint density at radius 2 is 1.42 bits per heavy atom. The van der Waals surface area contributed by atoms with Crippen molar-refractivity contribution in [3.63, 3.8) is 0 Å². The van der Waals surface area contributed by atoms with Gasteiger partial charge in [0.05, 0.1) is 30.0 Å². The lowest BCUT2D eigenvalue weighted by Crippen LogP contribution is -2.36. The summed E-state index contributed by atoms with van der Waals surface area (Å²) in [5, 5.41) is 14.3. The molecule has 0 aliphatic heterocycles. The summed E-state index contributed by atoms with van der Waals surface area (Å²) in [7, 11) is 1.95. The molecule has 0 fully saturated rings. The van der Waals surface area contributed by atoms with Crippen molar-refractivity contribution in [2.75, 3.05) is 46.6 Å². The fourth-order valence-corrected chi connectivity index (χ4v) is 2.43. The maximum absolute atomic E-state index is 11.3. The molecule has 0 aromatic heterocycles. The third kappa shape index (κ3) is 31.3. The quantitative estimate of drug-likeness (QED) is 0.320. The van der Waals surface area contributed by atoms with E-state index < -0.39 is 0 Å². The summed E-state index contributed by atoms with van der Waals surface area (Å²) < 4.78 is 17.1. The van der Waals surface area contributed by atoms with Gasteiger partial charge in [-0.2, -0.15) is 0 Å². The fraction of sp³-hybridized carbons (Fsp3) is 0.962. The molecule has 1 amide bonds. The van der Waals surface area contributed by atoms with Crippen LogP contribution in [-0.4, -0.2) is 74.4 Å². The highest BCUT2D eigenvalue weighted by molar-refractivity contribution is 5.75. The minimum absolute atomic E-state index is 0.0242. The number of hydrogen-bond donors (Lipinski definition) is 3. The van der Waals surface area contributed by atoms with Gasteiger partial charge in [-0.1, -0.05) is 27.7 Å². The van der Waals surface area contributed by atoms with Crippen LogP contribution in [0.4, 0.5) is 0 Å². The van der Waals surface area contributed by atoms with Crippen molar-refractivity contribution in [1.82, 2.24) is 10.6 Å². The number of aliphatic hydroxyl groups is 1. The van der Waals surface area contributed by atoms with Crippen LogP contribution in [0.5, 0.6) is 0 Å². The largest absolute Gasteiger partial charge is 0.395 e. The first-order chi connectivity index (χ1) is 15.1. The van der Waals surface area contributed by atoms with Gasteiger partial charge in [-0.3, -0.25) is 4.79 Å². The predicted octanol–water partition coefficient (Wildman–Crippen LogP) is 4.56. The molecule has 3 N–H and O–H groups in total. The number of aliphatic hydroxyl groups excluding tert-OH is 1. The van der Waals surface area contributed by atoms with Gasteiger partial charge < -0.3 is 30.0 Å². The number of carbonyl (C=O) groups is 1. The fourth-order valence-electron chi connectivity index (χ4n) is 2.43. The molecule has 33 heavy (non-hydrogen) atoms. The van der Waals surface area contributed by atoms with Crippen LogP contribution >= 0.6 is 0 Å². The number of nitrogens with one attached hydrogen (secondary N) is 2. The average Bonchev–Trinajstić information content (AvgIpc) is 2.66. The Hall–Kier alpha value is -0.730. The molecule has 7 heteroatoms. The van der Waals surface area contributed by atoms with Crippen molar-refractivity contribution in [2.45, 2.75) is 112 Å².